The first-order chi connectivity index (χ1) is 14.2. The number of rotatable bonds is 7. The minimum Gasteiger partial charge on any atom is -0.486 e. The van der Waals surface area contributed by atoms with Gasteiger partial charge >= 0.3 is 0 Å². The average molecular weight is 433 g/mol. The van der Waals surface area contributed by atoms with Gasteiger partial charge in [-0.1, -0.05) is 24.3 Å². The summed E-state index contributed by atoms with van der Waals surface area (Å²) in [5.41, 5.74) is 2.62. The van der Waals surface area contributed by atoms with Crippen LogP contribution in [0, 0.1) is 0 Å². The maximum atomic E-state index is 12.1. The minimum atomic E-state index is -3.40. The molecule has 1 amide bonds. The van der Waals surface area contributed by atoms with Gasteiger partial charge in [-0.2, -0.15) is 0 Å². The summed E-state index contributed by atoms with van der Waals surface area (Å²) in [5.74, 6) is 0.606. The molecule has 1 N–H and O–H groups in total. The number of nitrogens with one attached hydrogen (secondary N) is 1. The molecule has 162 valence electrons. The number of nitrogens with zero attached hydrogens (tertiary/aromatic N) is 1. The quantitative estimate of drug-likeness (QED) is 0.727. The summed E-state index contributed by atoms with van der Waals surface area (Å²) >= 11 is 0. The molecule has 0 aromatic heterocycles. The fourth-order valence-corrected chi connectivity index (χ4v) is 3.99. The van der Waals surface area contributed by atoms with E-state index in [0.717, 1.165) is 11.1 Å². The van der Waals surface area contributed by atoms with Crippen LogP contribution in [0.4, 0.5) is 0 Å². The van der Waals surface area contributed by atoms with Crippen LogP contribution in [0.2, 0.25) is 0 Å². The third-order valence-electron chi connectivity index (χ3n) is 4.98. The van der Waals surface area contributed by atoms with Crippen molar-refractivity contribution in [1.29, 1.82) is 0 Å². The molecule has 1 aliphatic rings. The highest BCUT2D eigenvalue weighted by atomic mass is 32.2. The number of ether oxygens (including phenoxy) is 2. The Hall–Kier alpha value is -2.42. The number of carbonyl (C=O) groups excluding carboxylic acids is 1. The molecule has 2 atom stereocenters. The lowest BCUT2D eigenvalue weighted by molar-refractivity contribution is 0.0827. The van der Waals surface area contributed by atoms with Gasteiger partial charge in [0.1, 0.15) is 11.9 Å². The Balaban J connectivity index is 1.66. The van der Waals surface area contributed by atoms with E-state index in [2.05, 4.69) is 4.72 Å². The fraction of sp³-hybridized carbons (Fsp3) is 0.409. The summed E-state index contributed by atoms with van der Waals surface area (Å²) in [6, 6.07) is 14.6. The largest absolute Gasteiger partial charge is 0.486 e. The highest BCUT2D eigenvalue weighted by Crippen LogP contribution is 2.25. The summed E-state index contributed by atoms with van der Waals surface area (Å²) in [5, 5.41) is -0.516. The molecule has 1 aliphatic heterocycles. The molecule has 1 saturated heterocycles. The van der Waals surface area contributed by atoms with E-state index in [1.165, 1.54) is 0 Å². The summed E-state index contributed by atoms with van der Waals surface area (Å²) < 4.78 is 38.4. The molecule has 0 unspecified atom stereocenters. The highest BCUT2D eigenvalue weighted by Gasteiger charge is 2.34. The number of amides is 1. The van der Waals surface area contributed by atoms with Crippen LogP contribution in [-0.4, -0.2) is 63.9 Å². The van der Waals surface area contributed by atoms with E-state index >= 15 is 0 Å². The molecule has 2 aromatic carbocycles. The van der Waals surface area contributed by atoms with E-state index in [1.54, 1.807) is 32.8 Å². The van der Waals surface area contributed by atoms with E-state index in [-0.39, 0.29) is 18.6 Å². The Morgan fingerprint density at radius 1 is 1.03 bits per heavy atom. The van der Waals surface area contributed by atoms with Gasteiger partial charge in [-0.15, -0.1) is 0 Å². The summed E-state index contributed by atoms with van der Waals surface area (Å²) in [7, 11) is 0.0480. The molecule has 0 bridgehead atoms. The molecule has 2 aromatic rings. The van der Waals surface area contributed by atoms with Gasteiger partial charge < -0.3 is 14.4 Å². The van der Waals surface area contributed by atoms with Crippen LogP contribution in [0.5, 0.6) is 5.75 Å². The lowest BCUT2D eigenvalue weighted by atomic mass is 10.0. The van der Waals surface area contributed by atoms with Crippen molar-refractivity contribution in [1.82, 2.24) is 9.62 Å². The molecule has 7 nitrogen and oxygen atoms in total. The van der Waals surface area contributed by atoms with Gasteiger partial charge in [0.2, 0.25) is 10.0 Å². The first-order valence-corrected chi connectivity index (χ1v) is 11.4. The Labute approximate surface area is 178 Å². The van der Waals surface area contributed by atoms with Gasteiger partial charge in [0.05, 0.1) is 24.5 Å². The maximum absolute atomic E-state index is 12.1. The second-order valence-electron chi connectivity index (χ2n) is 7.81. The van der Waals surface area contributed by atoms with Crippen LogP contribution >= 0.6 is 0 Å². The second-order valence-corrected chi connectivity index (χ2v) is 10.1. The number of benzene rings is 2. The van der Waals surface area contributed by atoms with Gasteiger partial charge in [0.25, 0.3) is 5.91 Å². The number of hydrogen-bond acceptors (Lipinski definition) is 5. The molecular weight excluding hydrogens is 404 g/mol. The lowest BCUT2D eigenvalue weighted by Gasteiger charge is -2.21. The SMILES string of the molecule is CC(C)S(=O)(=O)N[C@H]1COC[C@H]1Oc1ccc(-c2ccc(C(=O)N(C)C)cc2)cc1. The standard InChI is InChI=1S/C22H28N2O5S/c1-15(2)30(26,27)23-20-13-28-14-21(20)29-19-11-9-17(10-12-19)16-5-7-18(8-6-16)22(25)24(3)4/h5-12,15,20-21,23H,13-14H2,1-4H3/t20-,21+/m0/s1. The van der Waals surface area contributed by atoms with Gasteiger partial charge in [-0.3, -0.25) is 4.79 Å². The van der Waals surface area contributed by atoms with E-state index in [9.17, 15) is 13.2 Å². The zero-order valence-electron chi connectivity index (χ0n) is 17.7. The van der Waals surface area contributed by atoms with Crippen molar-refractivity contribution in [2.45, 2.75) is 31.2 Å². The Bertz CT molecular complexity index is 970. The first-order valence-electron chi connectivity index (χ1n) is 9.85. The Kier molecular flexibility index (Phi) is 6.80. The topological polar surface area (TPSA) is 84.9 Å². The van der Waals surface area contributed by atoms with E-state index < -0.39 is 21.3 Å². The van der Waals surface area contributed by atoms with Gasteiger partial charge in [0, 0.05) is 19.7 Å². The average Bonchev–Trinajstić information content (AvgIpc) is 3.14. The first kappa shape index (κ1) is 22.3. The van der Waals surface area contributed by atoms with E-state index in [4.69, 9.17) is 9.47 Å². The van der Waals surface area contributed by atoms with Crippen molar-refractivity contribution in [3.05, 3.63) is 54.1 Å². The number of hydrogen-bond donors (Lipinski definition) is 1. The monoisotopic (exact) mass is 432 g/mol. The van der Waals surface area contributed by atoms with Gasteiger partial charge in [-0.05, 0) is 49.2 Å². The normalized spacial score (nSPS) is 19.1. The highest BCUT2D eigenvalue weighted by molar-refractivity contribution is 7.90. The molecular formula is C22H28N2O5S. The minimum absolute atomic E-state index is 0.0354. The van der Waals surface area contributed by atoms with Crippen LogP contribution in [0.1, 0.15) is 24.2 Å². The molecule has 30 heavy (non-hydrogen) atoms. The van der Waals surface area contributed by atoms with Crippen molar-refractivity contribution >= 4 is 15.9 Å². The maximum Gasteiger partial charge on any atom is 0.253 e. The molecule has 8 heteroatoms. The molecule has 0 spiro atoms. The summed E-state index contributed by atoms with van der Waals surface area (Å²) in [6.07, 6.45) is -0.388. The van der Waals surface area contributed by atoms with Crippen LogP contribution in [0.15, 0.2) is 48.5 Å². The smallest absolute Gasteiger partial charge is 0.253 e. The second kappa shape index (κ2) is 9.16. The zero-order chi connectivity index (χ0) is 21.9. The molecule has 0 aliphatic carbocycles. The molecule has 1 fully saturated rings. The zero-order valence-corrected chi connectivity index (χ0v) is 18.5. The summed E-state index contributed by atoms with van der Waals surface area (Å²) in [4.78, 5) is 13.6. The van der Waals surface area contributed by atoms with Crippen molar-refractivity contribution in [3.63, 3.8) is 0 Å². The van der Waals surface area contributed by atoms with E-state index in [0.29, 0.717) is 17.9 Å². The fourth-order valence-electron chi connectivity index (χ4n) is 3.07. The van der Waals surface area contributed by atoms with Crippen LogP contribution in [-0.2, 0) is 14.8 Å². The predicted molar refractivity (Wildman–Crippen MR) is 116 cm³/mol. The van der Waals surface area contributed by atoms with Gasteiger partial charge in [0.15, 0.2) is 0 Å². The Morgan fingerprint density at radius 2 is 1.60 bits per heavy atom. The third kappa shape index (κ3) is 5.19. The van der Waals surface area contributed by atoms with Crippen molar-refractivity contribution in [3.8, 4) is 16.9 Å². The molecule has 0 radical (unpaired) electrons. The van der Waals surface area contributed by atoms with Crippen molar-refractivity contribution in [2.24, 2.45) is 0 Å². The van der Waals surface area contributed by atoms with E-state index in [1.807, 2.05) is 48.5 Å². The molecule has 1 heterocycles. The van der Waals surface area contributed by atoms with Crippen molar-refractivity contribution in [2.75, 3.05) is 27.3 Å². The van der Waals surface area contributed by atoms with Gasteiger partial charge in [-0.25, -0.2) is 13.1 Å². The molecule has 3 rings (SSSR count). The van der Waals surface area contributed by atoms with Crippen LogP contribution in [0.25, 0.3) is 11.1 Å². The molecule has 0 saturated carbocycles. The third-order valence-corrected chi connectivity index (χ3v) is 6.85. The summed E-state index contributed by atoms with van der Waals surface area (Å²) in [6.45, 7) is 3.88. The lowest BCUT2D eigenvalue weighted by Crippen LogP contribution is -2.47. The number of sulfonamides is 1. The van der Waals surface area contributed by atoms with Crippen LogP contribution < -0.4 is 9.46 Å². The predicted octanol–water partition coefficient (Wildman–Crippen LogP) is 2.53. The Morgan fingerprint density at radius 3 is 2.13 bits per heavy atom. The van der Waals surface area contributed by atoms with Crippen molar-refractivity contribution < 1.29 is 22.7 Å². The van der Waals surface area contributed by atoms with Crippen LogP contribution in [0.3, 0.4) is 0 Å². The number of carbonyl (C=O) groups is 1.